The quantitative estimate of drug-likeness (QED) is 0.486. The standard InChI is InChI=1S/C25H27N5O/c1-31-13-12-30-17-20(22-4-2-3-5-24(22)30)16-29-11-10-23-19(15-29)14-27-25(28-23)18-6-8-21(26)9-7-18/h2-9,14,17H,10-13,15-16,26H2,1H3. The van der Waals surface area contributed by atoms with Crippen molar-refractivity contribution in [2.24, 2.45) is 0 Å². The number of nitrogens with zero attached hydrogens (tertiary/aromatic N) is 4. The molecule has 0 saturated carbocycles. The number of nitrogen functional groups attached to an aromatic ring is 1. The van der Waals surface area contributed by atoms with Crippen LogP contribution in [0.5, 0.6) is 0 Å². The van der Waals surface area contributed by atoms with Gasteiger partial charge in [0.25, 0.3) is 0 Å². The minimum Gasteiger partial charge on any atom is -0.399 e. The highest BCUT2D eigenvalue weighted by Gasteiger charge is 2.20. The van der Waals surface area contributed by atoms with Gasteiger partial charge in [0.2, 0.25) is 0 Å². The fourth-order valence-electron chi connectivity index (χ4n) is 4.35. The lowest BCUT2D eigenvalue weighted by Gasteiger charge is -2.28. The summed E-state index contributed by atoms with van der Waals surface area (Å²) in [6.07, 6.45) is 5.20. The first-order valence-electron chi connectivity index (χ1n) is 10.7. The predicted molar refractivity (Wildman–Crippen MR) is 124 cm³/mol. The highest BCUT2D eigenvalue weighted by molar-refractivity contribution is 5.84. The smallest absolute Gasteiger partial charge is 0.159 e. The van der Waals surface area contributed by atoms with Crippen LogP contribution < -0.4 is 5.73 Å². The van der Waals surface area contributed by atoms with Crippen LogP contribution in [0.15, 0.2) is 60.9 Å². The zero-order valence-corrected chi connectivity index (χ0v) is 17.8. The van der Waals surface area contributed by atoms with Gasteiger partial charge in [-0.3, -0.25) is 4.90 Å². The van der Waals surface area contributed by atoms with Crippen LogP contribution in [-0.4, -0.2) is 39.7 Å². The van der Waals surface area contributed by atoms with Gasteiger partial charge >= 0.3 is 0 Å². The Labute approximate surface area is 182 Å². The predicted octanol–water partition coefficient (Wildman–Crippen LogP) is 3.89. The van der Waals surface area contributed by atoms with Crippen LogP contribution in [0.1, 0.15) is 16.8 Å². The Bertz CT molecular complexity index is 1200. The number of hydrogen-bond acceptors (Lipinski definition) is 5. The van der Waals surface area contributed by atoms with Crippen molar-refractivity contribution < 1.29 is 4.74 Å². The summed E-state index contributed by atoms with van der Waals surface area (Å²) >= 11 is 0. The molecule has 0 unspecified atom stereocenters. The van der Waals surface area contributed by atoms with Gasteiger partial charge in [-0.25, -0.2) is 9.97 Å². The number of para-hydroxylation sites is 1. The number of nitrogens with two attached hydrogens (primary N) is 1. The summed E-state index contributed by atoms with van der Waals surface area (Å²) in [6, 6.07) is 16.4. The molecule has 0 radical (unpaired) electrons. The average molecular weight is 414 g/mol. The Hall–Kier alpha value is -3.22. The summed E-state index contributed by atoms with van der Waals surface area (Å²) in [4.78, 5) is 12.0. The maximum absolute atomic E-state index is 5.80. The second-order valence-electron chi connectivity index (χ2n) is 8.11. The SMILES string of the molecule is COCCn1cc(CN2CCc3nc(-c4ccc(N)cc4)ncc3C2)c2ccccc21. The molecule has 31 heavy (non-hydrogen) atoms. The highest BCUT2D eigenvalue weighted by Crippen LogP contribution is 2.26. The van der Waals surface area contributed by atoms with E-state index in [2.05, 4.69) is 44.9 Å². The van der Waals surface area contributed by atoms with Crippen LogP contribution >= 0.6 is 0 Å². The molecule has 2 aromatic heterocycles. The minimum absolute atomic E-state index is 0.711. The van der Waals surface area contributed by atoms with E-state index in [0.29, 0.717) is 6.61 Å². The van der Waals surface area contributed by atoms with E-state index < -0.39 is 0 Å². The normalized spacial score (nSPS) is 14.1. The molecule has 6 nitrogen and oxygen atoms in total. The molecule has 0 amide bonds. The molecule has 0 bridgehead atoms. The Morgan fingerprint density at radius 3 is 2.77 bits per heavy atom. The van der Waals surface area contributed by atoms with Crippen molar-refractivity contribution in [1.82, 2.24) is 19.4 Å². The maximum atomic E-state index is 5.80. The molecule has 3 heterocycles. The van der Waals surface area contributed by atoms with E-state index in [1.807, 2.05) is 30.5 Å². The summed E-state index contributed by atoms with van der Waals surface area (Å²) in [6.45, 7) is 4.35. The molecule has 4 aromatic rings. The summed E-state index contributed by atoms with van der Waals surface area (Å²) in [7, 11) is 1.75. The molecule has 0 saturated heterocycles. The maximum Gasteiger partial charge on any atom is 0.159 e. The van der Waals surface area contributed by atoms with Crippen LogP contribution in [0, 0.1) is 0 Å². The third kappa shape index (κ3) is 4.04. The molecule has 158 valence electrons. The van der Waals surface area contributed by atoms with Crippen molar-refractivity contribution in [3.63, 3.8) is 0 Å². The topological polar surface area (TPSA) is 69.2 Å². The molecule has 5 rings (SSSR count). The van der Waals surface area contributed by atoms with E-state index in [1.165, 1.54) is 22.0 Å². The first-order valence-corrected chi connectivity index (χ1v) is 10.7. The van der Waals surface area contributed by atoms with Crippen molar-refractivity contribution >= 4 is 16.6 Å². The molecule has 0 atom stereocenters. The van der Waals surface area contributed by atoms with Crippen molar-refractivity contribution in [1.29, 1.82) is 0 Å². The Kier molecular flexibility index (Phi) is 5.40. The van der Waals surface area contributed by atoms with Gasteiger partial charge in [-0.15, -0.1) is 0 Å². The molecule has 6 heteroatoms. The van der Waals surface area contributed by atoms with Crippen LogP contribution in [0.3, 0.4) is 0 Å². The van der Waals surface area contributed by atoms with Crippen molar-refractivity contribution in [2.45, 2.75) is 26.1 Å². The number of hydrogen-bond donors (Lipinski definition) is 1. The van der Waals surface area contributed by atoms with Gasteiger partial charge in [-0.05, 0) is 35.9 Å². The second-order valence-corrected chi connectivity index (χ2v) is 8.11. The van der Waals surface area contributed by atoms with Gasteiger partial charge < -0.3 is 15.0 Å². The lowest BCUT2D eigenvalue weighted by atomic mass is 10.1. The molecular formula is C25H27N5O. The monoisotopic (exact) mass is 413 g/mol. The third-order valence-electron chi connectivity index (χ3n) is 5.98. The number of aromatic nitrogens is 3. The van der Waals surface area contributed by atoms with Crippen LogP contribution in [0.4, 0.5) is 5.69 Å². The number of ether oxygens (including phenoxy) is 1. The van der Waals surface area contributed by atoms with Gasteiger partial charge in [0.05, 0.1) is 12.3 Å². The number of methoxy groups -OCH3 is 1. The fourth-order valence-corrected chi connectivity index (χ4v) is 4.35. The van der Waals surface area contributed by atoms with E-state index in [4.69, 9.17) is 15.5 Å². The van der Waals surface area contributed by atoms with Crippen molar-refractivity contribution in [3.05, 3.63) is 77.7 Å². The summed E-state index contributed by atoms with van der Waals surface area (Å²) < 4.78 is 7.59. The third-order valence-corrected chi connectivity index (χ3v) is 5.98. The zero-order chi connectivity index (χ0) is 21.2. The van der Waals surface area contributed by atoms with Crippen LogP contribution in [0.25, 0.3) is 22.3 Å². The molecule has 2 aromatic carbocycles. The van der Waals surface area contributed by atoms with E-state index in [-0.39, 0.29) is 0 Å². The number of anilines is 1. The zero-order valence-electron chi connectivity index (χ0n) is 17.8. The van der Waals surface area contributed by atoms with Gasteiger partial charge in [0, 0.05) is 79.8 Å². The van der Waals surface area contributed by atoms with Gasteiger partial charge in [0.15, 0.2) is 5.82 Å². The summed E-state index contributed by atoms with van der Waals surface area (Å²) in [5, 5.41) is 1.32. The molecule has 2 N–H and O–H groups in total. The molecule has 0 fully saturated rings. The van der Waals surface area contributed by atoms with Crippen LogP contribution in [-0.2, 0) is 30.8 Å². The van der Waals surface area contributed by atoms with Gasteiger partial charge in [0.1, 0.15) is 0 Å². The Morgan fingerprint density at radius 1 is 1.10 bits per heavy atom. The summed E-state index contributed by atoms with van der Waals surface area (Å²) in [5.41, 5.74) is 12.5. The number of fused-ring (bicyclic) bond motifs is 2. The van der Waals surface area contributed by atoms with Gasteiger partial charge in [-0.2, -0.15) is 0 Å². The second kappa shape index (κ2) is 8.49. The first-order chi connectivity index (χ1) is 15.2. The first kappa shape index (κ1) is 19.7. The van der Waals surface area contributed by atoms with E-state index in [0.717, 1.165) is 55.4 Å². The largest absolute Gasteiger partial charge is 0.399 e. The average Bonchev–Trinajstić information content (AvgIpc) is 3.15. The van der Waals surface area contributed by atoms with E-state index in [9.17, 15) is 0 Å². The summed E-state index contributed by atoms with van der Waals surface area (Å²) in [5.74, 6) is 0.772. The lowest BCUT2D eigenvalue weighted by Crippen LogP contribution is -2.30. The molecule has 0 aliphatic carbocycles. The minimum atomic E-state index is 0.711. The number of benzene rings is 2. The molecular weight excluding hydrogens is 386 g/mol. The van der Waals surface area contributed by atoms with Gasteiger partial charge in [-0.1, -0.05) is 18.2 Å². The van der Waals surface area contributed by atoms with E-state index >= 15 is 0 Å². The van der Waals surface area contributed by atoms with Crippen molar-refractivity contribution in [2.75, 3.05) is 26.0 Å². The molecule has 1 aliphatic rings. The Morgan fingerprint density at radius 2 is 1.94 bits per heavy atom. The van der Waals surface area contributed by atoms with Crippen molar-refractivity contribution in [3.8, 4) is 11.4 Å². The fraction of sp³-hybridized carbons (Fsp3) is 0.280. The lowest BCUT2D eigenvalue weighted by molar-refractivity contribution is 0.188. The highest BCUT2D eigenvalue weighted by atomic mass is 16.5. The number of rotatable bonds is 6. The Balaban J connectivity index is 1.35. The van der Waals surface area contributed by atoms with Crippen LogP contribution in [0.2, 0.25) is 0 Å². The molecule has 0 spiro atoms. The van der Waals surface area contributed by atoms with E-state index in [1.54, 1.807) is 7.11 Å². The molecule has 1 aliphatic heterocycles.